The first kappa shape index (κ1) is 35.6. The fourth-order valence-electron chi connectivity index (χ4n) is 10.1. The number of benzene rings is 6. The number of hydrogen-bond donors (Lipinski definition) is 0. The van der Waals surface area contributed by atoms with Gasteiger partial charge in [-0.2, -0.15) is 0 Å². The van der Waals surface area contributed by atoms with Crippen molar-refractivity contribution in [2.75, 3.05) is 0 Å². The molecule has 6 aromatic rings. The first-order valence-electron chi connectivity index (χ1n) is 20.1. The van der Waals surface area contributed by atoms with Gasteiger partial charge in [0.2, 0.25) is 0 Å². The number of rotatable bonds is 9. The van der Waals surface area contributed by atoms with Crippen molar-refractivity contribution in [3.63, 3.8) is 0 Å². The SMILES string of the molecule is Cc1ccccc1-c1cccc2c1C=C(CC(C)C)[CH]2[Hf]([c]1cccc2c1[SiH2]c1ccccc1-2)[CH]1C(CC(C)C)=Cc2c(-c3ccccc3C)cccc21. The second-order valence-electron chi connectivity index (χ2n) is 16.9. The van der Waals surface area contributed by atoms with Crippen LogP contribution in [0.2, 0.25) is 0 Å². The number of aryl methyl sites for hydroxylation is 2. The van der Waals surface area contributed by atoms with Gasteiger partial charge in [0.05, 0.1) is 0 Å². The Bertz CT molecular complexity index is 2350. The molecule has 0 saturated heterocycles. The molecule has 3 aliphatic rings. The number of hydrogen-bond acceptors (Lipinski definition) is 0. The van der Waals surface area contributed by atoms with Crippen molar-refractivity contribution in [2.24, 2.45) is 11.8 Å². The zero-order chi connectivity index (χ0) is 37.1. The van der Waals surface area contributed by atoms with Crippen molar-refractivity contribution in [2.45, 2.75) is 61.7 Å². The average Bonchev–Trinajstić information content (AvgIpc) is 3.84. The molecule has 6 aromatic carbocycles. The van der Waals surface area contributed by atoms with E-state index in [0.29, 0.717) is 19.2 Å². The molecule has 2 heteroatoms. The van der Waals surface area contributed by atoms with E-state index < -0.39 is 31.0 Å². The third-order valence-corrected chi connectivity index (χ3v) is 28.9. The van der Waals surface area contributed by atoms with Crippen LogP contribution in [0.15, 0.2) is 139 Å². The van der Waals surface area contributed by atoms with Crippen LogP contribution in [0.5, 0.6) is 0 Å². The van der Waals surface area contributed by atoms with Gasteiger partial charge in [-0.3, -0.25) is 0 Å². The third-order valence-electron chi connectivity index (χ3n) is 12.2. The van der Waals surface area contributed by atoms with Crippen molar-refractivity contribution in [1.82, 2.24) is 0 Å². The van der Waals surface area contributed by atoms with E-state index in [9.17, 15) is 0 Å². The Morgan fingerprint density at radius 1 is 0.481 bits per heavy atom. The summed E-state index contributed by atoms with van der Waals surface area (Å²) >= 11 is -3.12. The van der Waals surface area contributed by atoms with Crippen LogP contribution in [0.25, 0.3) is 45.5 Å². The Morgan fingerprint density at radius 2 is 0.926 bits per heavy atom. The molecule has 54 heavy (non-hydrogen) atoms. The monoisotopic (exact) mass is 883 g/mol. The van der Waals surface area contributed by atoms with Crippen molar-refractivity contribution >= 4 is 35.4 Å². The summed E-state index contributed by atoms with van der Waals surface area (Å²) in [6, 6.07) is 49.6. The van der Waals surface area contributed by atoms with E-state index in [1.54, 1.807) is 38.2 Å². The van der Waals surface area contributed by atoms with E-state index in [1.807, 2.05) is 3.32 Å². The summed E-state index contributed by atoms with van der Waals surface area (Å²) in [6.45, 7) is 14.3. The molecule has 0 fully saturated rings. The van der Waals surface area contributed by atoms with Gasteiger partial charge in [-0.05, 0) is 0 Å². The molecule has 0 radical (unpaired) electrons. The Labute approximate surface area is 333 Å². The molecule has 267 valence electrons. The van der Waals surface area contributed by atoms with Crippen molar-refractivity contribution in [3.05, 3.63) is 172 Å². The van der Waals surface area contributed by atoms with Gasteiger partial charge in [0, 0.05) is 0 Å². The van der Waals surface area contributed by atoms with E-state index in [4.69, 9.17) is 0 Å². The molecule has 1 aliphatic heterocycles. The molecular formula is C52H51HfSi. The fraction of sp³-hybridized carbons (Fsp3) is 0.231. The molecule has 2 unspecified atom stereocenters. The minimum absolute atomic E-state index is 0.495. The molecule has 0 aromatic heterocycles. The topological polar surface area (TPSA) is 0 Å². The second kappa shape index (κ2) is 14.5. The van der Waals surface area contributed by atoms with E-state index in [-0.39, 0.29) is 0 Å². The number of allylic oxidation sites excluding steroid dienone is 2. The van der Waals surface area contributed by atoms with Gasteiger partial charge in [0.15, 0.2) is 0 Å². The summed E-state index contributed by atoms with van der Waals surface area (Å²) in [4.78, 5) is 0. The van der Waals surface area contributed by atoms with E-state index >= 15 is 0 Å². The van der Waals surface area contributed by atoms with Gasteiger partial charge in [-0.25, -0.2) is 0 Å². The first-order chi connectivity index (χ1) is 26.3. The van der Waals surface area contributed by atoms with Crippen LogP contribution >= 0.6 is 0 Å². The van der Waals surface area contributed by atoms with Crippen molar-refractivity contribution < 1.29 is 21.4 Å². The Hall–Kier alpha value is -4.11. The zero-order valence-electron chi connectivity index (χ0n) is 32.7. The second-order valence-corrected chi connectivity index (χ2v) is 28.0. The molecule has 0 spiro atoms. The predicted molar refractivity (Wildman–Crippen MR) is 233 cm³/mol. The molecule has 9 rings (SSSR count). The molecule has 1 heterocycles. The quantitative estimate of drug-likeness (QED) is 0.127. The Balaban J connectivity index is 1.32. The van der Waals surface area contributed by atoms with Crippen LogP contribution < -0.4 is 13.7 Å². The Kier molecular flexibility index (Phi) is 9.56. The van der Waals surface area contributed by atoms with Gasteiger partial charge in [-0.15, -0.1) is 0 Å². The predicted octanol–water partition coefficient (Wildman–Crippen LogP) is 11.3. The van der Waals surface area contributed by atoms with E-state index in [1.165, 1.54) is 50.1 Å². The third kappa shape index (κ3) is 6.15. The summed E-state index contributed by atoms with van der Waals surface area (Å²) in [7, 11) is -0.610. The summed E-state index contributed by atoms with van der Waals surface area (Å²) in [5, 5.41) is 3.39. The molecule has 0 amide bonds. The summed E-state index contributed by atoms with van der Waals surface area (Å²) < 4.78 is 2.80. The Morgan fingerprint density at radius 3 is 1.44 bits per heavy atom. The summed E-state index contributed by atoms with van der Waals surface area (Å²) in [5.74, 6) is 1.19. The maximum absolute atomic E-state index is 3.12. The van der Waals surface area contributed by atoms with Crippen LogP contribution in [0.3, 0.4) is 0 Å². The van der Waals surface area contributed by atoms with Gasteiger partial charge < -0.3 is 0 Å². The summed E-state index contributed by atoms with van der Waals surface area (Å²) in [6.07, 6.45) is 7.68. The van der Waals surface area contributed by atoms with Crippen LogP contribution in [0, 0.1) is 25.7 Å². The van der Waals surface area contributed by atoms with Gasteiger partial charge in [-0.1, -0.05) is 0 Å². The van der Waals surface area contributed by atoms with Crippen molar-refractivity contribution in [3.8, 4) is 33.4 Å². The molecule has 0 saturated carbocycles. The molecule has 0 nitrogen and oxygen atoms in total. The average molecular weight is 883 g/mol. The van der Waals surface area contributed by atoms with Crippen LogP contribution in [-0.2, 0) is 21.4 Å². The van der Waals surface area contributed by atoms with Crippen LogP contribution in [0.1, 0.15) is 81.3 Å². The molecule has 0 N–H and O–H groups in total. The van der Waals surface area contributed by atoms with Crippen molar-refractivity contribution in [1.29, 1.82) is 0 Å². The molecule has 2 aliphatic carbocycles. The molecule has 2 atom stereocenters. The van der Waals surface area contributed by atoms with E-state index in [0.717, 1.165) is 12.8 Å². The molecular weight excluding hydrogens is 831 g/mol. The fourth-order valence-corrected chi connectivity index (χ4v) is 29.4. The van der Waals surface area contributed by atoms with Gasteiger partial charge in [0.25, 0.3) is 0 Å². The van der Waals surface area contributed by atoms with E-state index in [2.05, 4.69) is 181 Å². The van der Waals surface area contributed by atoms with Crippen LogP contribution in [-0.4, -0.2) is 9.52 Å². The van der Waals surface area contributed by atoms with Crippen LogP contribution in [0.4, 0.5) is 0 Å². The van der Waals surface area contributed by atoms with Gasteiger partial charge >= 0.3 is 336 Å². The summed E-state index contributed by atoms with van der Waals surface area (Å²) in [5.41, 5.74) is 20.9. The maximum atomic E-state index is 2.69. The normalized spacial score (nSPS) is 17.0. The number of fused-ring (bicyclic) bond motifs is 5. The first-order valence-corrected chi connectivity index (χ1v) is 27.5. The zero-order valence-corrected chi connectivity index (χ0v) is 37.7. The molecule has 0 bridgehead atoms. The standard InChI is InChI=1S/2C20H21.C12H9Si.Hf/c2*1-14(2)11-16-12-17-8-6-10-19(20(17)13-16)18-9-5-4-7-15(18)3;1-3-7-11-9(5-1)10-6-2-4-8-12(10)13-11;/h2*4-10,12-14H,11H2,1-3H3;1-7H,13H2;. The van der Waals surface area contributed by atoms with Gasteiger partial charge in [0.1, 0.15) is 0 Å². The minimum atomic E-state index is -3.12.